The van der Waals surface area contributed by atoms with Crippen LogP contribution in [0.2, 0.25) is 0 Å². The minimum Gasteiger partial charge on any atom is -0.475 e. The van der Waals surface area contributed by atoms with Gasteiger partial charge in [-0.15, -0.1) is 0 Å². The number of likely N-dealkylation sites (tertiary alicyclic amines) is 1. The van der Waals surface area contributed by atoms with Gasteiger partial charge < -0.3 is 20.3 Å². The topological polar surface area (TPSA) is 142 Å². The summed E-state index contributed by atoms with van der Waals surface area (Å²) in [6.45, 7) is 4.03. The van der Waals surface area contributed by atoms with E-state index in [1.807, 2.05) is 30.5 Å². The molecule has 1 amide bonds. The summed E-state index contributed by atoms with van der Waals surface area (Å²) in [5.41, 5.74) is 1.59. The van der Waals surface area contributed by atoms with E-state index in [-0.39, 0.29) is 11.8 Å². The third-order valence-corrected chi connectivity index (χ3v) is 5.67. The van der Waals surface area contributed by atoms with Crippen LogP contribution in [0.15, 0.2) is 48.9 Å². The van der Waals surface area contributed by atoms with Gasteiger partial charge in [0.05, 0.1) is 30.9 Å². The van der Waals surface area contributed by atoms with E-state index >= 15 is 0 Å². The number of carboxylic acid groups (broad SMARTS) is 2. The second kappa shape index (κ2) is 13.3. The molecule has 4 heterocycles. The Hall–Kier alpha value is -3.79. The minimum atomic E-state index is -5.08. The molecule has 0 aromatic carbocycles. The van der Waals surface area contributed by atoms with Gasteiger partial charge in [0.25, 0.3) is 0 Å². The first-order chi connectivity index (χ1) is 18.1. The average Bonchev–Trinajstić information content (AvgIpc) is 3.41. The third kappa shape index (κ3) is 9.47. The summed E-state index contributed by atoms with van der Waals surface area (Å²) in [6.07, 6.45) is -4.76. The van der Waals surface area contributed by atoms with Gasteiger partial charge in [-0.2, -0.15) is 26.3 Å². The molecular weight excluding hydrogens is 542 g/mol. The second-order valence-corrected chi connectivity index (χ2v) is 8.51. The van der Waals surface area contributed by atoms with Gasteiger partial charge in [0, 0.05) is 44.1 Å². The number of amides is 1. The number of aliphatic carboxylic acids is 2. The number of hydrogen-bond donors (Lipinski definition) is 3. The highest BCUT2D eigenvalue weighted by Crippen LogP contribution is 2.42. The number of pyridine rings is 2. The number of halogens is 6. The summed E-state index contributed by atoms with van der Waals surface area (Å²) >= 11 is 0. The van der Waals surface area contributed by atoms with Crippen molar-refractivity contribution in [2.24, 2.45) is 11.3 Å². The van der Waals surface area contributed by atoms with Crippen LogP contribution in [0.4, 0.5) is 26.3 Å². The van der Waals surface area contributed by atoms with Crippen LogP contribution in [-0.4, -0.2) is 81.6 Å². The molecule has 0 radical (unpaired) electrons. The molecule has 2 aliphatic rings. The molecule has 2 saturated heterocycles. The lowest BCUT2D eigenvalue weighted by molar-refractivity contribution is -0.193. The van der Waals surface area contributed by atoms with Crippen molar-refractivity contribution in [2.45, 2.75) is 25.4 Å². The molecule has 0 saturated carbocycles. The second-order valence-electron chi connectivity index (χ2n) is 8.51. The predicted molar refractivity (Wildman–Crippen MR) is 120 cm³/mol. The molecule has 4 rings (SSSR count). The normalized spacial score (nSPS) is 20.5. The summed E-state index contributed by atoms with van der Waals surface area (Å²) in [5, 5.41) is 17.3. The first-order valence-electron chi connectivity index (χ1n) is 11.1. The lowest BCUT2D eigenvalue weighted by atomic mass is 9.80. The highest BCUT2D eigenvalue weighted by atomic mass is 19.4. The van der Waals surface area contributed by atoms with Gasteiger partial charge in [-0.3, -0.25) is 19.7 Å². The Kier molecular flexibility index (Phi) is 10.7. The molecule has 2 aromatic rings. The molecule has 214 valence electrons. The SMILES string of the molecule is O=C(NCc1ccccn1)[C@]12COC[C@H]1CN(Cc1cccnc1)C2.O=C(O)C(F)(F)F.O=C(O)C(F)(F)F. The predicted octanol–water partition coefficient (Wildman–Crippen LogP) is 2.51. The maximum absolute atomic E-state index is 13.0. The monoisotopic (exact) mass is 566 g/mol. The van der Waals surface area contributed by atoms with E-state index in [0.717, 1.165) is 25.3 Å². The van der Waals surface area contributed by atoms with Crippen LogP contribution in [0.1, 0.15) is 11.3 Å². The molecule has 2 fully saturated rings. The number of aromatic nitrogens is 2. The number of alkyl halides is 6. The smallest absolute Gasteiger partial charge is 0.475 e. The van der Waals surface area contributed by atoms with Crippen molar-refractivity contribution in [3.05, 3.63) is 60.2 Å². The Labute approximate surface area is 217 Å². The first kappa shape index (κ1) is 31.4. The Morgan fingerprint density at radius 3 is 2.18 bits per heavy atom. The molecule has 3 N–H and O–H groups in total. The first-order valence-corrected chi connectivity index (χ1v) is 11.1. The number of fused-ring (bicyclic) bond motifs is 1. The Bertz CT molecular complexity index is 1080. The molecule has 16 heteroatoms. The van der Waals surface area contributed by atoms with E-state index in [1.165, 1.54) is 5.56 Å². The van der Waals surface area contributed by atoms with E-state index in [1.54, 1.807) is 12.4 Å². The summed E-state index contributed by atoms with van der Waals surface area (Å²) < 4.78 is 69.1. The van der Waals surface area contributed by atoms with Gasteiger partial charge in [-0.1, -0.05) is 12.1 Å². The number of nitrogens with one attached hydrogen (secondary N) is 1. The van der Waals surface area contributed by atoms with Crippen molar-refractivity contribution in [3.8, 4) is 0 Å². The van der Waals surface area contributed by atoms with E-state index < -0.39 is 29.7 Å². The van der Waals surface area contributed by atoms with Gasteiger partial charge >= 0.3 is 24.3 Å². The maximum Gasteiger partial charge on any atom is 0.490 e. The zero-order chi connectivity index (χ0) is 29.3. The van der Waals surface area contributed by atoms with Crippen molar-refractivity contribution in [1.82, 2.24) is 20.2 Å². The van der Waals surface area contributed by atoms with Crippen molar-refractivity contribution >= 4 is 17.8 Å². The molecular formula is C23H24F6N4O6. The van der Waals surface area contributed by atoms with Crippen molar-refractivity contribution in [2.75, 3.05) is 26.3 Å². The van der Waals surface area contributed by atoms with Crippen molar-refractivity contribution < 1.29 is 55.7 Å². The lowest BCUT2D eigenvalue weighted by Crippen LogP contribution is -2.46. The fourth-order valence-electron chi connectivity index (χ4n) is 3.88. The van der Waals surface area contributed by atoms with Gasteiger partial charge in [0.15, 0.2) is 0 Å². The van der Waals surface area contributed by atoms with Crippen molar-refractivity contribution in [3.63, 3.8) is 0 Å². The number of carbonyl (C=O) groups is 3. The molecule has 0 spiro atoms. The van der Waals surface area contributed by atoms with Crippen LogP contribution in [0.3, 0.4) is 0 Å². The summed E-state index contributed by atoms with van der Waals surface area (Å²) in [5.74, 6) is -5.19. The van der Waals surface area contributed by atoms with E-state index in [2.05, 4.69) is 26.3 Å². The molecule has 10 nitrogen and oxygen atoms in total. The van der Waals surface area contributed by atoms with Crippen LogP contribution >= 0.6 is 0 Å². The van der Waals surface area contributed by atoms with E-state index in [9.17, 15) is 31.1 Å². The van der Waals surface area contributed by atoms with Crippen LogP contribution in [0, 0.1) is 11.3 Å². The molecule has 39 heavy (non-hydrogen) atoms. The van der Waals surface area contributed by atoms with Crippen LogP contribution < -0.4 is 5.32 Å². The number of nitrogens with zero attached hydrogens (tertiary/aromatic N) is 3. The Morgan fingerprint density at radius 1 is 1.03 bits per heavy atom. The lowest BCUT2D eigenvalue weighted by Gasteiger charge is -2.26. The zero-order valence-corrected chi connectivity index (χ0v) is 20.1. The highest BCUT2D eigenvalue weighted by Gasteiger charge is 2.55. The molecule has 0 aliphatic carbocycles. The van der Waals surface area contributed by atoms with Crippen LogP contribution in [0.25, 0.3) is 0 Å². The summed E-state index contributed by atoms with van der Waals surface area (Å²) in [7, 11) is 0. The quantitative estimate of drug-likeness (QED) is 0.466. The Morgan fingerprint density at radius 2 is 1.67 bits per heavy atom. The molecule has 2 atom stereocenters. The fraction of sp³-hybridized carbons (Fsp3) is 0.435. The van der Waals surface area contributed by atoms with Gasteiger partial charge in [-0.05, 0) is 23.8 Å². The zero-order valence-electron chi connectivity index (χ0n) is 20.1. The maximum atomic E-state index is 13.0. The number of rotatable bonds is 5. The van der Waals surface area contributed by atoms with Crippen molar-refractivity contribution in [1.29, 1.82) is 0 Å². The summed E-state index contributed by atoms with van der Waals surface area (Å²) in [6, 6.07) is 9.75. The van der Waals surface area contributed by atoms with Gasteiger partial charge in [-0.25, -0.2) is 9.59 Å². The molecule has 0 bridgehead atoms. The fourth-order valence-corrected chi connectivity index (χ4v) is 3.88. The molecule has 0 unspecified atom stereocenters. The third-order valence-electron chi connectivity index (χ3n) is 5.67. The van der Waals surface area contributed by atoms with Crippen LogP contribution in [0.5, 0.6) is 0 Å². The van der Waals surface area contributed by atoms with Crippen LogP contribution in [-0.2, 0) is 32.2 Å². The van der Waals surface area contributed by atoms with E-state index in [0.29, 0.717) is 19.8 Å². The number of hydrogen-bond acceptors (Lipinski definition) is 7. The molecule has 2 aromatic heterocycles. The largest absolute Gasteiger partial charge is 0.490 e. The molecule has 2 aliphatic heterocycles. The highest BCUT2D eigenvalue weighted by molar-refractivity contribution is 5.84. The number of carboxylic acids is 2. The Balaban J connectivity index is 0.000000317. The van der Waals surface area contributed by atoms with Gasteiger partial charge in [0.2, 0.25) is 5.91 Å². The number of carbonyl (C=O) groups excluding carboxylic acids is 1. The van der Waals surface area contributed by atoms with Gasteiger partial charge in [0.1, 0.15) is 0 Å². The number of ether oxygens (including phenoxy) is 1. The minimum absolute atomic E-state index is 0.0781. The standard InChI is InChI=1S/C19H22N4O2.2C2HF3O2/c24-18(22-9-17-5-1-2-7-21-17)19-13-23(11-16(19)12-25-14-19)10-15-4-3-6-20-8-15;2*3-2(4,5)1(6)7/h1-8,16H,9-14H2,(H,22,24);2*(H,6,7)/t16-,19-;;/m1../s1. The average molecular weight is 566 g/mol. The van der Waals surface area contributed by atoms with E-state index in [4.69, 9.17) is 24.5 Å². The summed E-state index contributed by atoms with van der Waals surface area (Å²) in [4.78, 5) is 41.5.